The monoisotopic (exact) mass is 597 g/mol. The number of nitrogens with one attached hydrogen (secondary N) is 4. The second-order valence-corrected chi connectivity index (χ2v) is 11.4. The number of benzene rings is 3. The van der Waals surface area contributed by atoms with Crippen LogP contribution in [0.2, 0.25) is 10.0 Å². The fourth-order valence-corrected chi connectivity index (χ4v) is 5.54. The summed E-state index contributed by atoms with van der Waals surface area (Å²) in [6.07, 6.45) is 5.47. The predicted molar refractivity (Wildman–Crippen MR) is 169 cm³/mol. The number of hydrogen-bond acceptors (Lipinski definition) is 8. The fourth-order valence-electron chi connectivity index (χ4n) is 5.09. The van der Waals surface area contributed by atoms with Gasteiger partial charge in [-0.15, -0.1) is 5.53 Å². The second-order valence-electron chi connectivity index (χ2n) is 10.5. The molecule has 0 unspecified atom stereocenters. The van der Waals surface area contributed by atoms with Gasteiger partial charge in [0.1, 0.15) is 6.07 Å². The highest BCUT2D eigenvalue weighted by molar-refractivity contribution is 6.36. The van der Waals surface area contributed by atoms with Crippen LogP contribution in [0.1, 0.15) is 36.6 Å². The highest BCUT2D eigenvalue weighted by Gasteiger charge is 2.26. The summed E-state index contributed by atoms with van der Waals surface area (Å²) in [5, 5.41) is 26.4. The Hall–Kier alpha value is -4.49. The SMILES string of the molecule is Cc1ccc(Nc2c(C#N)cnc3c(Cl)cc(N[C@H](C4=CN(C(C)C)NN4)c4cccc5c4cnn5C)cc23)cc1Cl. The van der Waals surface area contributed by atoms with Crippen molar-refractivity contribution in [3.8, 4) is 6.07 Å². The van der Waals surface area contributed by atoms with E-state index < -0.39 is 0 Å². The molecule has 1 atom stereocenters. The molecule has 212 valence electrons. The molecule has 0 amide bonds. The number of aromatic nitrogens is 3. The first-order valence-electron chi connectivity index (χ1n) is 13.5. The molecule has 11 heteroatoms. The molecule has 3 aromatic carbocycles. The van der Waals surface area contributed by atoms with Gasteiger partial charge < -0.3 is 16.1 Å². The Morgan fingerprint density at radius 1 is 1.00 bits per heavy atom. The van der Waals surface area contributed by atoms with Crippen molar-refractivity contribution in [3.05, 3.63) is 99.6 Å². The van der Waals surface area contributed by atoms with E-state index in [0.29, 0.717) is 32.2 Å². The summed E-state index contributed by atoms with van der Waals surface area (Å²) in [6.45, 7) is 6.16. The van der Waals surface area contributed by atoms with E-state index in [9.17, 15) is 5.26 Å². The summed E-state index contributed by atoms with van der Waals surface area (Å²) in [5.41, 5.74) is 13.6. The molecule has 0 saturated carbocycles. The van der Waals surface area contributed by atoms with Gasteiger partial charge in [0.05, 0.1) is 45.2 Å². The Morgan fingerprint density at radius 3 is 2.55 bits per heavy atom. The van der Waals surface area contributed by atoms with E-state index >= 15 is 0 Å². The predicted octanol–water partition coefficient (Wildman–Crippen LogP) is 7.08. The lowest BCUT2D eigenvalue weighted by molar-refractivity contribution is 0.221. The van der Waals surface area contributed by atoms with Crippen molar-refractivity contribution in [1.29, 1.82) is 5.26 Å². The van der Waals surface area contributed by atoms with Gasteiger partial charge in [0, 0.05) is 52.7 Å². The van der Waals surface area contributed by atoms with Gasteiger partial charge in [-0.05, 0) is 62.2 Å². The van der Waals surface area contributed by atoms with Gasteiger partial charge in [-0.2, -0.15) is 10.4 Å². The number of aryl methyl sites for hydroxylation is 2. The quantitative estimate of drug-likeness (QED) is 0.158. The number of nitriles is 1. The van der Waals surface area contributed by atoms with Gasteiger partial charge in [-0.1, -0.05) is 41.4 Å². The topological polar surface area (TPSA) is 106 Å². The number of hydrazine groups is 2. The molecule has 0 radical (unpaired) electrons. The van der Waals surface area contributed by atoms with Crippen molar-refractivity contribution in [2.75, 3.05) is 10.6 Å². The number of fused-ring (bicyclic) bond motifs is 2. The van der Waals surface area contributed by atoms with E-state index in [-0.39, 0.29) is 12.1 Å². The van der Waals surface area contributed by atoms with E-state index in [0.717, 1.165) is 39.1 Å². The molecule has 6 rings (SSSR count). The van der Waals surface area contributed by atoms with Crippen molar-refractivity contribution in [1.82, 2.24) is 30.7 Å². The van der Waals surface area contributed by atoms with E-state index in [1.165, 1.54) is 6.20 Å². The summed E-state index contributed by atoms with van der Waals surface area (Å²) >= 11 is 13.2. The summed E-state index contributed by atoms with van der Waals surface area (Å²) in [7, 11) is 1.93. The number of nitrogens with zero attached hydrogens (tertiary/aromatic N) is 5. The Bertz CT molecular complexity index is 1900. The van der Waals surface area contributed by atoms with Gasteiger partial charge in [0.15, 0.2) is 0 Å². The molecule has 0 aliphatic carbocycles. The standard InChI is InChI=1S/C31H29Cl2N9/c1-17(2)42-16-27(39-40-42)31(22-6-5-7-28-24(22)15-36-41(28)4)38-21-10-23-29(37-20-9-8-18(3)25(32)11-20)19(13-34)14-35-30(23)26(33)12-21/h5-12,14-17,31,38-40H,1-4H3,(H,35,37)/t31-/m0/s1. The smallest absolute Gasteiger partial charge is 0.103 e. The minimum absolute atomic E-state index is 0.235. The van der Waals surface area contributed by atoms with Crippen LogP contribution in [-0.4, -0.2) is 25.8 Å². The number of halogens is 2. The molecule has 1 aliphatic rings. The maximum Gasteiger partial charge on any atom is 0.103 e. The van der Waals surface area contributed by atoms with Crippen LogP contribution in [0.15, 0.2) is 72.8 Å². The maximum absolute atomic E-state index is 9.96. The van der Waals surface area contributed by atoms with Crippen LogP contribution in [0.25, 0.3) is 21.8 Å². The second kappa shape index (κ2) is 11.1. The van der Waals surface area contributed by atoms with Crippen molar-refractivity contribution in [2.24, 2.45) is 7.05 Å². The van der Waals surface area contributed by atoms with Crippen molar-refractivity contribution in [3.63, 3.8) is 0 Å². The number of pyridine rings is 1. The van der Waals surface area contributed by atoms with Gasteiger partial charge >= 0.3 is 0 Å². The molecule has 0 spiro atoms. The zero-order chi connectivity index (χ0) is 29.5. The van der Waals surface area contributed by atoms with Gasteiger partial charge in [0.2, 0.25) is 0 Å². The summed E-state index contributed by atoms with van der Waals surface area (Å²) < 4.78 is 1.86. The largest absolute Gasteiger partial charge is 0.373 e. The Balaban J connectivity index is 1.48. The first-order chi connectivity index (χ1) is 20.2. The number of hydrogen-bond donors (Lipinski definition) is 4. The van der Waals surface area contributed by atoms with Crippen LogP contribution in [0.4, 0.5) is 17.1 Å². The van der Waals surface area contributed by atoms with Gasteiger partial charge in [-0.3, -0.25) is 14.7 Å². The average molecular weight is 599 g/mol. The lowest BCUT2D eigenvalue weighted by Crippen LogP contribution is -2.41. The summed E-state index contributed by atoms with van der Waals surface area (Å²) in [4.78, 5) is 4.51. The number of anilines is 3. The molecule has 4 N–H and O–H groups in total. The van der Waals surface area contributed by atoms with Crippen molar-refractivity contribution >= 4 is 62.1 Å². The first-order valence-corrected chi connectivity index (χ1v) is 14.2. The van der Waals surface area contributed by atoms with E-state index in [2.05, 4.69) is 69.9 Å². The third-order valence-corrected chi connectivity index (χ3v) is 8.10. The molecule has 3 heterocycles. The summed E-state index contributed by atoms with van der Waals surface area (Å²) in [6, 6.07) is 17.9. The molecule has 0 fully saturated rings. The zero-order valence-corrected chi connectivity index (χ0v) is 25.0. The van der Waals surface area contributed by atoms with E-state index in [1.54, 1.807) is 0 Å². The van der Waals surface area contributed by atoms with Crippen molar-refractivity contribution in [2.45, 2.75) is 32.9 Å². The highest BCUT2D eigenvalue weighted by Crippen LogP contribution is 2.38. The molecule has 0 bridgehead atoms. The van der Waals surface area contributed by atoms with Gasteiger partial charge in [-0.25, -0.2) is 0 Å². The van der Waals surface area contributed by atoms with E-state index in [1.807, 2.05) is 66.3 Å². The Labute approximate surface area is 253 Å². The third-order valence-electron chi connectivity index (χ3n) is 7.41. The Morgan fingerprint density at radius 2 is 1.81 bits per heavy atom. The van der Waals surface area contributed by atoms with Gasteiger partial charge in [0.25, 0.3) is 0 Å². The van der Waals surface area contributed by atoms with Crippen molar-refractivity contribution < 1.29 is 0 Å². The normalized spacial score (nSPS) is 13.8. The number of rotatable bonds is 7. The molecule has 5 aromatic rings. The fraction of sp³-hybridized carbons (Fsp3) is 0.194. The van der Waals surface area contributed by atoms with Crippen LogP contribution in [0.3, 0.4) is 0 Å². The average Bonchev–Trinajstić information content (AvgIpc) is 3.62. The van der Waals surface area contributed by atoms with Crippen LogP contribution >= 0.6 is 23.2 Å². The molecule has 1 aliphatic heterocycles. The maximum atomic E-state index is 9.96. The highest BCUT2D eigenvalue weighted by atomic mass is 35.5. The minimum Gasteiger partial charge on any atom is -0.373 e. The zero-order valence-electron chi connectivity index (χ0n) is 23.5. The van der Waals surface area contributed by atoms with Crippen LogP contribution in [0, 0.1) is 18.3 Å². The van der Waals surface area contributed by atoms with Crippen LogP contribution < -0.4 is 21.6 Å². The lowest BCUT2D eigenvalue weighted by Gasteiger charge is -2.23. The lowest BCUT2D eigenvalue weighted by atomic mass is 9.99. The first kappa shape index (κ1) is 27.7. The molecule has 42 heavy (non-hydrogen) atoms. The Kier molecular flexibility index (Phi) is 7.29. The van der Waals surface area contributed by atoms with E-state index in [4.69, 9.17) is 23.2 Å². The molecule has 9 nitrogen and oxygen atoms in total. The molecular weight excluding hydrogens is 569 g/mol. The third kappa shape index (κ3) is 5.05. The molecule has 0 saturated heterocycles. The van der Waals surface area contributed by atoms with Crippen LogP contribution in [0.5, 0.6) is 0 Å². The summed E-state index contributed by atoms with van der Waals surface area (Å²) in [5.74, 6) is 0. The molecular formula is C31H29Cl2N9. The molecule has 2 aromatic heterocycles. The van der Waals surface area contributed by atoms with Crippen LogP contribution in [-0.2, 0) is 7.05 Å². The minimum atomic E-state index is -0.290.